The van der Waals surface area contributed by atoms with Crippen LogP contribution in [0.1, 0.15) is 12.8 Å². The SMILES string of the molecule is CN(C(=O)NC(CCO)C(=O)O)C1CCOC1. The Balaban J connectivity index is 2.47. The van der Waals surface area contributed by atoms with Crippen molar-refractivity contribution >= 4 is 12.0 Å². The fourth-order valence-electron chi connectivity index (χ4n) is 1.63. The molecule has 7 heteroatoms. The zero-order valence-electron chi connectivity index (χ0n) is 9.76. The van der Waals surface area contributed by atoms with Crippen LogP contribution in [0.25, 0.3) is 0 Å². The summed E-state index contributed by atoms with van der Waals surface area (Å²) < 4.78 is 5.15. The van der Waals surface area contributed by atoms with Crippen molar-refractivity contribution < 1.29 is 24.5 Å². The monoisotopic (exact) mass is 246 g/mol. The molecule has 0 aromatic carbocycles. The van der Waals surface area contributed by atoms with Crippen LogP contribution in [0.15, 0.2) is 0 Å². The Morgan fingerprint density at radius 2 is 2.29 bits per heavy atom. The number of ether oxygens (including phenoxy) is 1. The number of hydrogen-bond donors (Lipinski definition) is 3. The van der Waals surface area contributed by atoms with Crippen LogP contribution in [0.4, 0.5) is 4.79 Å². The summed E-state index contributed by atoms with van der Waals surface area (Å²) in [6, 6.07) is -1.53. The van der Waals surface area contributed by atoms with Gasteiger partial charge in [0.25, 0.3) is 0 Å². The van der Waals surface area contributed by atoms with Gasteiger partial charge in [0, 0.05) is 26.7 Å². The lowest BCUT2D eigenvalue weighted by Crippen LogP contribution is -2.50. The predicted molar refractivity (Wildman–Crippen MR) is 58.6 cm³/mol. The van der Waals surface area contributed by atoms with Crippen molar-refractivity contribution in [2.24, 2.45) is 0 Å². The molecular weight excluding hydrogens is 228 g/mol. The minimum absolute atomic E-state index is 0.00389. The van der Waals surface area contributed by atoms with Gasteiger partial charge < -0.3 is 25.2 Å². The minimum atomic E-state index is -1.15. The first-order valence-corrected chi connectivity index (χ1v) is 5.51. The number of rotatable bonds is 5. The van der Waals surface area contributed by atoms with Crippen molar-refractivity contribution in [2.75, 3.05) is 26.9 Å². The summed E-state index contributed by atoms with van der Waals surface area (Å²) in [5.41, 5.74) is 0. The maximum absolute atomic E-state index is 11.7. The highest BCUT2D eigenvalue weighted by molar-refractivity contribution is 5.82. The summed E-state index contributed by atoms with van der Waals surface area (Å²) in [4.78, 5) is 24.0. The summed E-state index contributed by atoms with van der Waals surface area (Å²) in [6.45, 7) is 0.802. The number of aliphatic hydroxyl groups is 1. The summed E-state index contributed by atoms with van der Waals surface area (Å²) >= 11 is 0. The zero-order chi connectivity index (χ0) is 12.8. The van der Waals surface area contributed by atoms with Crippen LogP contribution in [-0.4, -0.2) is 66.1 Å². The van der Waals surface area contributed by atoms with Crippen molar-refractivity contribution in [2.45, 2.75) is 24.9 Å². The lowest BCUT2D eigenvalue weighted by Gasteiger charge is -2.25. The Hall–Kier alpha value is -1.34. The molecule has 1 heterocycles. The molecule has 1 rings (SSSR count). The summed E-state index contributed by atoms with van der Waals surface area (Å²) in [6.07, 6.45) is 0.748. The van der Waals surface area contributed by atoms with Crippen LogP contribution in [0, 0.1) is 0 Å². The number of hydrogen-bond acceptors (Lipinski definition) is 4. The quantitative estimate of drug-likeness (QED) is 0.593. The topological polar surface area (TPSA) is 99.1 Å². The van der Waals surface area contributed by atoms with Crippen LogP contribution in [0.5, 0.6) is 0 Å². The highest BCUT2D eigenvalue weighted by atomic mass is 16.5. The maximum atomic E-state index is 11.7. The van der Waals surface area contributed by atoms with E-state index in [2.05, 4.69) is 5.32 Å². The molecule has 17 heavy (non-hydrogen) atoms. The normalized spacial score (nSPS) is 20.9. The van der Waals surface area contributed by atoms with Gasteiger partial charge in [0.2, 0.25) is 0 Å². The third kappa shape index (κ3) is 3.86. The fraction of sp³-hybridized carbons (Fsp3) is 0.800. The molecule has 98 valence electrons. The average molecular weight is 246 g/mol. The standard InChI is InChI=1S/C10H18N2O5/c1-12(7-3-5-17-6-7)10(16)11-8(2-4-13)9(14)15/h7-8,13H,2-6H2,1H3,(H,11,16)(H,14,15). The Bertz CT molecular complexity index is 278. The molecule has 0 aliphatic carbocycles. The Morgan fingerprint density at radius 1 is 1.59 bits per heavy atom. The van der Waals surface area contributed by atoms with Gasteiger partial charge in [0.1, 0.15) is 6.04 Å². The minimum Gasteiger partial charge on any atom is -0.480 e. The van der Waals surface area contributed by atoms with E-state index in [1.54, 1.807) is 7.05 Å². The van der Waals surface area contributed by atoms with Crippen molar-refractivity contribution in [3.63, 3.8) is 0 Å². The van der Waals surface area contributed by atoms with Crippen LogP contribution in [-0.2, 0) is 9.53 Å². The number of amides is 2. The molecule has 0 radical (unpaired) electrons. The molecule has 1 aliphatic rings. The van der Waals surface area contributed by atoms with E-state index < -0.39 is 18.0 Å². The molecule has 0 bridgehead atoms. The van der Waals surface area contributed by atoms with Gasteiger partial charge in [-0.15, -0.1) is 0 Å². The van der Waals surface area contributed by atoms with Crippen LogP contribution in [0.2, 0.25) is 0 Å². The molecule has 2 amide bonds. The van der Waals surface area contributed by atoms with Gasteiger partial charge in [0.05, 0.1) is 12.6 Å². The first-order chi connectivity index (χ1) is 8.06. The van der Waals surface area contributed by atoms with Gasteiger partial charge in [-0.2, -0.15) is 0 Å². The first kappa shape index (κ1) is 13.7. The number of carbonyl (C=O) groups is 2. The largest absolute Gasteiger partial charge is 0.480 e. The van der Waals surface area contributed by atoms with E-state index in [1.165, 1.54) is 4.90 Å². The highest BCUT2D eigenvalue weighted by Gasteiger charge is 2.27. The smallest absolute Gasteiger partial charge is 0.326 e. The second kappa shape index (κ2) is 6.41. The third-order valence-electron chi connectivity index (χ3n) is 2.79. The molecular formula is C10H18N2O5. The molecule has 0 aromatic rings. The third-order valence-corrected chi connectivity index (χ3v) is 2.79. The number of carboxylic acid groups (broad SMARTS) is 1. The lowest BCUT2D eigenvalue weighted by molar-refractivity contribution is -0.139. The van der Waals surface area contributed by atoms with Crippen LogP contribution < -0.4 is 5.32 Å². The highest BCUT2D eigenvalue weighted by Crippen LogP contribution is 2.10. The number of likely N-dealkylation sites (N-methyl/N-ethyl adjacent to an activating group) is 1. The number of aliphatic carboxylic acids is 1. The van der Waals surface area contributed by atoms with Gasteiger partial charge in [-0.25, -0.2) is 9.59 Å². The molecule has 2 atom stereocenters. The predicted octanol–water partition coefficient (Wildman–Crippen LogP) is -0.748. The van der Waals surface area contributed by atoms with Crippen molar-refractivity contribution in [1.29, 1.82) is 0 Å². The van der Waals surface area contributed by atoms with Crippen molar-refractivity contribution in [1.82, 2.24) is 10.2 Å². The van der Waals surface area contributed by atoms with E-state index in [-0.39, 0.29) is 19.1 Å². The van der Waals surface area contributed by atoms with Gasteiger partial charge >= 0.3 is 12.0 Å². The molecule has 7 nitrogen and oxygen atoms in total. The Labute approximate surface area is 99.4 Å². The zero-order valence-corrected chi connectivity index (χ0v) is 9.76. The molecule has 0 saturated carbocycles. The number of carbonyl (C=O) groups excluding carboxylic acids is 1. The molecule has 1 fully saturated rings. The number of nitrogens with zero attached hydrogens (tertiary/aromatic N) is 1. The molecule has 0 aromatic heterocycles. The van der Waals surface area contributed by atoms with Crippen LogP contribution in [0.3, 0.4) is 0 Å². The van der Waals surface area contributed by atoms with Gasteiger partial charge in [0.15, 0.2) is 0 Å². The summed E-state index contributed by atoms with van der Waals surface area (Å²) in [5, 5.41) is 19.9. The van der Waals surface area contributed by atoms with Crippen molar-refractivity contribution in [3.05, 3.63) is 0 Å². The van der Waals surface area contributed by atoms with E-state index in [1.807, 2.05) is 0 Å². The second-order valence-electron chi connectivity index (χ2n) is 3.98. The van der Waals surface area contributed by atoms with Gasteiger partial charge in [-0.05, 0) is 6.42 Å². The summed E-state index contributed by atoms with van der Waals surface area (Å²) in [7, 11) is 1.60. The van der Waals surface area contributed by atoms with E-state index in [0.717, 1.165) is 6.42 Å². The number of aliphatic hydroxyl groups excluding tert-OH is 1. The second-order valence-corrected chi connectivity index (χ2v) is 3.98. The molecule has 2 unspecified atom stereocenters. The first-order valence-electron chi connectivity index (χ1n) is 5.51. The number of carboxylic acids is 1. The summed E-state index contributed by atoms with van der Waals surface area (Å²) in [5.74, 6) is -1.15. The van der Waals surface area contributed by atoms with E-state index in [4.69, 9.17) is 14.9 Å². The molecule has 3 N–H and O–H groups in total. The average Bonchev–Trinajstić information content (AvgIpc) is 2.80. The molecule has 1 aliphatic heterocycles. The fourth-order valence-corrected chi connectivity index (χ4v) is 1.63. The van der Waals surface area contributed by atoms with Gasteiger partial charge in [-0.1, -0.05) is 0 Å². The van der Waals surface area contributed by atoms with Gasteiger partial charge in [-0.3, -0.25) is 0 Å². The van der Waals surface area contributed by atoms with E-state index in [9.17, 15) is 9.59 Å². The number of nitrogens with one attached hydrogen (secondary N) is 1. The molecule has 0 spiro atoms. The Kier molecular flexibility index (Phi) is 5.17. The number of urea groups is 1. The van der Waals surface area contributed by atoms with E-state index >= 15 is 0 Å². The molecule has 1 saturated heterocycles. The maximum Gasteiger partial charge on any atom is 0.326 e. The van der Waals surface area contributed by atoms with E-state index in [0.29, 0.717) is 13.2 Å². The Morgan fingerprint density at radius 3 is 2.76 bits per heavy atom. The van der Waals surface area contributed by atoms with Crippen molar-refractivity contribution in [3.8, 4) is 0 Å². The van der Waals surface area contributed by atoms with Crippen LogP contribution >= 0.6 is 0 Å². The lowest BCUT2D eigenvalue weighted by atomic mass is 10.2.